The summed E-state index contributed by atoms with van der Waals surface area (Å²) in [5.74, 6) is -1.35. The number of halogens is 1. The Hall–Kier alpha value is -2.77. The van der Waals surface area contributed by atoms with E-state index in [1.165, 1.54) is 25.4 Å². The first kappa shape index (κ1) is 20.0. The first-order valence-corrected chi connectivity index (χ1v) is 8.93. The minimum atomic E-state index is -0.880. The summed E-state index contributed by atoms with van der Waals surface area (Å²) in [6.07, 6.45) is 1.44. The molecule has 1 N–H and O–H groups in total. The van der Waals surface area contributed by atoms with Crippen LogP contribution in [0.1, 0.15) is 22.9 Å². The van der Waals surface area contributed by atoms with E-state index in [9.17, 15) is 14.7 Å². The van der Waals surface area contributed by atoms with Gasteiger partial charge in [-0.15, -0.1) is 0 Å². The van der Waals surface area contributed by atoms with Gasteiger partial charge in [0.1, 0.15) is 23.3 Å². The van der Waals surface area contributed by atoms with Gasteiger partial charge in [0.25, 0.3) is 11.7 Å². The van der Waals surface area contributed by atoms with Crippen molar-refractivity contribution in [2.45, 2.75) is 13.0 Å². The number of furan rings is 1. The van der Waals surface area contributed by atoms with Gasteiger partial charge >= 0.3 is 0 Å². The van der Waals surface area contributed by atoms with E-state index in [1.807, 2.05) is 0 Å². The smallest absolute Gasteiger partial charge is 0.295 e. The Morgan fingerprint density at radius 1 is 1.32 bits per heavy atom. The molecule has 1 amide bonds. The van der Waals surface area contributed by atoms with E-state index < -0.39 is 17.7 Å². The summed E-state index contributed by atoms with van der Waals surface area (Å²) >= 11 is 6.23. The maximum absolute atomic E-state index is 12.8. The van der Waals surface area contributed by atoms with Crippen LogP contribution in [0.4, 0.5) is 0 Å². The number of ether oxygens (including phenoxy) is 2. The Labute approximate surface area is 167 Å². The van der Waals surface area contributed by atoms with Crippen LogP contribution in [0.2, 0.25) is 5.02 Å². The first-order chi connectivity index (χ1) is 13.4. The van der Waals surface area contributed by atoms with Gasteiger partial charge in [-0.05, 0) is 36.8 Å². The molecule has 148 valence electrons. The normalized spacial score (nSPS) is 18.7. The van der Waals surface area contributed by atoms with Crippen molar-refractivity contribution < 1.29 is 28.6 Å². The predicted molar refractivity (Wildman–Crippen MR) is 102 cm³/mol. The van der Waals surface area contributed by atoms with Crippen LogP contribution >= 0.6 is 11.6 Å². The van der Waals surface area contributed by atoms with Crippen molar-refractivity contribution in [3.63, 3.8) is 0 Å². The maximum Gasteiger partial charge on any atom is 0.295 e. The van der Waals surface area contributed by atoms with E-state index >= 15 is 0 Å². The average Bonchev–Trinajstić information content (AvgIpc) is 3.27. The van der Waals surface area contributed by atoms with Crippen molar-refractivity contribution in [3.05, 3.63) is 58.0 Å². The zero-order valence-corrected chi connectivity index (χ0v) is 16.4. The Bertz CT molecular complexity index is 934. The van der Waals surface area contributed by atoms with Crippen molar-refractivity contribution in [1.29, 1.82) is 0 Å². The van der Waals surface area contributed by atoms with Crippen molar-refractivity contribution in [3.8, 4) is 5.75 Å². The molecule has 1 atom stereocenters. The van der Waals surface area contributed by atoms with Gasteiger partial charge < -0.3 is 23.9 Å². The highest BCUT2D eigenvalue weighted by molar-refractivity contribution is 6.46. The molecule has 7 nitrogen and oxygen atoms in total. The number of nitrogens with zero attached hydrogens (tertiary/aromatic N) is 1. The van der Waals surface area contributed by atoms with Gasteiger partial charge in [0, 0.05) is 13.7 Å². The first-order valence-electron chi connectivity index (χ1n) is 8.56. The third-order valence-corrected chi connectivity index (χ3v) is 4.82. The van der Waals surface area contributed by atoms with Gasteiger partial charge in [-0.2, -0.15) is 0 Å². The van der Waals surface area contributed by atoms with Crippen LogP contribution in [0.3, 0.4) is 0 Å². The van der Waals surface area contributed by atoms with Crippen LogP contribution in [0.25, 0.3) is 5.76 Å². The number of carbonyl (C=O) groups excluding carboxylic acids is 2. The van der Waals surface area contributed by atoms with Gasteiger partial charge in [-0.25, -0.2) is 0 Å². The molecule has 1 aliphatic rings. The fraction of sp³-hybridized carbons (Fsp3) is 0.300. The Kier molecular flexibility index (Phi) is 5.76. The third-order valence-electron chi connectivity index (χ3n) is 4.54. The molecule has 0 aliphatic carbocycles. The van der Waals surface area contributed by atoms with Crippen LogP contribution in [-0.2, 0) is 14.3 Å². The third kappa shape index (κ3) is 3.39. The molecule has 1 fully saturated rings. The highest BCUT2D eigenvalue weighted by Gasteiger charge is 2.47. The minimum Gasteiger partial charge on any atom is -0.507 e. The van der Waals surface area contributed by atoms with Crippen LogP contribution in [0.5, 0.6) is 5.75 Å². The van der Waals surface area contributed by atoms with Crippen molar-refractivity contribution in [2.24, 2.45) is 0 Å². The second-order valence-corrected chi connectivity index (χ2v) is 6.74. The number of ketones is 1. The highest BCUT2D eigenvalue weighted by Crippen LogP contribution is 2.42. The summed E-state index contributed by atoms with van der Waals surface area (Å²) in [5, 5.41) is 11.3. The molecule has 0 spiro atoms. The van der Waals surface area contributed by atoms with Crippen LogP contribution < -0.4 is 4.74 Å². The number of aliphatic hydroxyl groups excluding tert-OH is 1. The summed E-state index contributed by atoms with van der Waals surface area (Å²) in [6.45, 7) is 2.18. The van der Waals surface area contributed by atoms with E-state index in [-0.39, 0.29) is 40.8 Å². The topological polar surface area (TPSA) is 89.2 Å². The Morgan fingerprint density at radius 2 is 2.07 bits per heavy atom. The molecule has 0 radical (unpaired) electrons. The fourth-order valence-electron chi connectivity index (χ4n) is 3.30. The lowest BCUT2D eigenvalue weighted by Gasteiger charge is -2.23. The predicted octanol–water partition coefficient (Wildman–Crippen LogP) is 3.32. The molecular formula is C20H20ClNO6. The van der Waals surface area contributed by atoms with Crippen molar-refractivity contribution in [1.82, 2.24) is 4.90 Å². The van der Waals surface area contributed by atoms with Crippen molar-refractivity contribution in [2.75, 3.05) is 27.4 Å². The van der Waals surface area contributed by atoms with E-state index in [2.05, 4.69) is 0 Å². The number of rotatable bonds is 6. The lowest BCUT2D eigenvalue weighted by Crippen LogP contribution is -2.32. The van der Waals surface area contributed by atoms with Gasteiger partial charge in [0.05, 0.1) is 36.1 Å². The Balaban J connectivity index is 2.22. The molecule has 8 heteroatoms. The van der Waals surface area contributed by atoms with Gasteiger partial charge in [-0.3, -0.25) is 9.59 Å². The summed E-state index contributed by atoms with van der Waals surface area (Å²) < 4.78 is 15.8. The number of amides is 1. The fourth-order valence-corrected chi connectivity index (χ4v) is 3.65. The quantitative estimate of drug-likeness (QED) is 0.450. The molecular weight excluding hydrogens is 386 g/mol. The number of aliphatic hydroxyl groups is 1. The van der Waals surface area contributed by atoms with E-state index in [1.54, 1.807) is 31.2 Å². The molecule has 28 heavy (non-hydrogen) atoms. The number of benzene rings is 1. The lowest BCUT2D eigenvalue weighted by molar-refractivity contribution is -0.140. The minimum absolute atomic E-state index is 0.0870. The summed E-state index contributed by atoms with van der Waals surface area (Å²) in [7, 11) is 2.91. The maximum atomic E-state index is 12.8. The van der Waals surface area contributed by atoms with E-state index in [0.717, 1.165) is 5.56 Å². The van der Waals surface area contributed by atoms with Crippen LogP contribution in [0.15, 0.2) is 40.5 Å². The van der Waals surface area contributed by atoms with Gasteiger partial charge in [0.2, 0.25) is 0 Å². The number of carbonyl (C=O) groups is 2. The number of hydrogen-bond acceptors (Lipinski definition) is 6. The molecule has 1 aromatic carbocycles. The van der Waals surface area contributed by atoms with Crippen LogP contribution in [-0.4, -0.2) is 49.1 Å². The molecule has 2 aromatic rings. The second kappa shape index (κ2) is 8.08. The second-order valence-electron chi connectivity index (χ2n) is 6.33. The van der Waals surface area contributed by atoms with Gasteiger partial charge in [-0.1, -0.05) is 11.6 Å². The Morgan fingerprint density at radius 3 is 2.68 bits per heavy atom. The molecule has 1 unspecified atom stereocenters. The number of hydrogen-bond donors (Lipinski definition) is 1. The number of aryl methyl sites for hydroxylation is 1. The van der Waals surface area contributed by atoms with E-state index in [4.69, 9.17) is 25.5 Å². The molecule has 1 saturated heterocycles. The van der Waals surface area contributed by atoms with E-state index in [0.29, 0.717) is 5.76 Å². The summed E-state index contributed by atoms with van der Waals surface area (Å²) in [5.41, 5.74) is 0.903. The highest BCUT2D eigenvalue weighted by atomic mass is 35.5. The zero-order chi connectivity index (χ0) is 20.4. The van der Waals surface area contributed by atoms with Gasteiger partial charge in [0.15, 0.2) is 0 Å². The average molecular weight is 406 g/mol. The molecule has 2 heterocycles. The monoisotopic (exact) mass is 405 g/mol. The number of likely N-dealkylation sites (tertiary alicyclic amines) is 1. The summed E-state index contributed by atoms with van der Waals surface area (Å²) in [4.78, 5) is 26.8. The molecule has 0 saturated carbocycles. The molecule has 1 aliphatic heterocycles. The summed E-state index contributed by atoms with van der Waals surface area (Å²) in [6, 6.07) is 5.73. The standard InChI is InChI=1S/C20H20ClNO6/c1-11-9-12(19(27-3)13(21)10-11)17(23)15-16(14-5-4-7-28-14)22(6-8-26-2)20(25)18(15)24/h4-5,7,9-10,16,23H,6,8H2,1-3H3/b17-15-. The van der Waals surface area contributed by atoms with Crippen LogP contribution in [0, 0.1) is 6.92 Å². The van der Waals surface area contributed by atoms with Crippen molar-refractivity contribution >= 4 is 29.1 Å². The number of Topliss-reactive ketones (excluding diaryl/α,β-unsaturated/α-hetero) is 1. The molecule has 3 rings (SSSR count). The molecule has 1 aromatic heterocycles. The largest absolute Gasteiger partial charge is 0.507 e. The lowest BCUT2D eigenvalue weighted by atomic mass is 9.98. The number of methoxy groups -OCH3 is 2. The zero-order valence-electron chi connectivity index (χ0n) is 15.7. The SMILES string of the molecule is COCCN1C(=O)C(=O)/C(=C(\O)c2cc(C)cc(Cl)c2OC)C1c1ccco1. The molecule has 0 bridgehead atoms.